The maximum Gasteiger partial charge on any atom is 0.246 e. The SMILES string of the molecule is C/C=C/C=C/C(=O)N1CCc2c(noc2-c2ccc(F)cc2)C1. The molecule has 23 heavy (non-hydrogen) atoms. The highest BCUT2D eigenvalue weighted by Gasteiger charge is 2.26. The Morgan fingerprint density at radius 1 is 1.30 bits per heavy atom. The number of carbonyl (C=O) groups is 1. The zero-order valence-electron chi connectivity index (χ0n) is 12.8. The van der Waals surface area contributed by atoms with Crippen molar-refractivity contribution < 1.29 is 13.7 Å². The van der Waals surface area contributed by atoms with E-state index >= 15 is 0 Å². The molecule has 1 aliphatic rings. The van der Waals surface area contributed by atoms with Crippen LogP contribution in [0.4, 0.5) is 4.39 Å². The summed E-state index contributed by atoms with van der Waals surface area (Å²) >= 11 is 0. The molecule has 0 saturated heterocycles. The van der Waals surface area contributed by atoms with E-state index in [0.29, 0.717) is 25.3 Å². The van der Waals surface area contributed by atoms with Gasteiger partial charge in [0.15, 0.2) is 5.76 Å². The van der Waals surface area contributed by atoms with E-state index in [-0.39, 0.29) is 11.7 Å². The van der Waals surface area contributed by atoms with Crippen molar-refractivity contribution in [2.24, 2.45) is 0 Å². The monoisotopic (exact) mass is 312 g/mol. The van der Waals surface area contributed by atoms with Crippen LogP contribution in [-0.4, -0.2) is 22.5 Å². The third-order valence-corrected chi connectivity index (χ3v) is 3.80. The molecule has 0 spiro atoms. The standard InChI is InChI=1S/C18H17FN2O2/c1-2-3-4-5-17(22)21-11-10-15-16(12-21)20-23-18(15)13-6-8-14(19)9-7-13/h2-9H,10-12H2,1H3/b3-2+,5-4+. The minimum atomic E-state index is -0.285. The highest BCUT2D eigenvalue weighted by atomic mass is 19.1. The van der Waals surface area contributed by atoms with Crippen LogP contribution < -0.4 is 0 Å². The molecule has 1 aliphatic heterocycles. The predicted molar refractivity (Wildman–Crippen MR) is 85.0 cm³/mol. The molecule has 1 amide bonds. The molecule has 0 radical (unpaired) electrons. The van der Waals surface area contributed by atoms with Gasteiger partial charge in [0.2, 0.25) is 5.91 Å². The molecule has 0 aliphatic carbocycles. The van der Waals surface area contributed by atoms with Gasteiger partial charge in [0.25, 0.3) is 0 Å². The molecule has 0 atom stereocenters. The van der Waals surface area contributed by atoms with Gasteiger partial charge in [-0.2, -0.15) is 0 Å². The lowest BCUT2D eigenvalue weighted by molar-refractivity contribution is -0.126. The molecule has 0 bridgehead atoms. The number of aromatic nitrogens is 1. The molecule has 1 aromatic carbocycles. The van der Waals surface area contributed by atoms with Gasteiger partial charge in [0.05, 0.1) is 6.54 Å². The van der Waals surface area contributed by atoms with Crippen molar-refractivity contribution in [1.82, 2.24) is 10.1 Å². The summed E-state index contributed by atoms with van der Waals surface area (Å²) in [5, 5.41) is 4.08. The first-order chi connectivity index (χ1) is 11.2. The lowest BCUT2D eigenvalue weighted by atomic mass is 10.0. The van der Waals surface area contributed by atoms with Gasteiger partial charge in [-0.3, -0.25) is 4.79 Å². The van der Waals surface area contributed by atoms with Crippen LogP contribution in [0, 0.1) is 5.82 Å². The van der Waals surface area contributed by atoms with Gasteiger partial charge in [0.1, 0.15) is 11.5 Å². The Hall–Kier alpha value is -2.69. The summed E-state index contributed by atoms with van der Waals surface area (Å²) in [5.41, 5.74) is 2.56. The summed E-state index contributed by atoms with van der Waals surface area (Å²) in [7, 11) is 0. The van der Waals surface area contributed by atoms with Crippen molar-refractivity contribution >= 4 is 5.91 Å². The van der Waals surface area contributed by atoms with Crippen LogP contribution in [0.15, 0.2) is 53.1 Å². The second-order valence-electron chi connectivity index (χ2n) is 5.34. The Labute approximate surface area is 133 Å². The molecule has 1 aromatic heterocycles. The minimum absolute atomic E-state index is 0.0416. The number of halogens is 1. The largest absolute Gasteiger partial charge is 0.356 e. The number of carbonyl (C=O) groups excluding carboxylic acids is 1. The fraction of sp³-hybridized carbons (Fsp3) is 0.222. The van der Waals surface area contributed by atoms with Gasteiger partial charge in [0, 0.05) is 23.7 Å². The second kappa shape index (κ2) is 6.60. The molecular formula is C18H17FN2O2. The van der Waals surface area contributed by atoms with E-state index in [4.69, 9.17) is 4.52 Å². The Bertz CT molecular complexity index is 760. The lowest BCUT2D eigenvalue weighted by Crippen LogP contribution is -2.34. The highest BCUT2D eigenvalue weighted by Crippen LogP contribution is 2.30. The van der Waals surface area contributed by atoms with E-state index in [1.165, 1.54) is 12.1 Å². The number of amides is 1. The zero-order valence-corrected chi connectivity index (χ0v) is 12.8. The molecule has 2 aromatic rings. The highest BCUT2D eigenvalue weighted by molar-refractivity contribution is 5.88. The number of allylic oxidation sites excluding steroid dienone is 3. The fourth-order valence-electron chi connectivity index (χ4n) is 2.60. The van der Waals surface area contributed by atoms with Crippen molar-refractivity contribution in [2.75, 3.05) is 6.54 Å². The quantitative estimate of drug-likeness (QED) is 0.644. The first-order valence-electron chi connectivity index (χ1n) is 7.50. The first-order valence-corrected chi connectivity index (χ1v) is 7.50. The number of rotatable bonds is 3. The second-order valence-corrected chi connectivity index (χ2v) is 5.34. The van der Waals surface area contributed by atoms with Gasteiger partial charge in [-0.05, 0) is 37.6 Å². The van der Waals surface area contributed by atoms with Gasteiger partial charge >= 0.3 is 0 Å². The summed E-state index contributed by atoms with van der Waals surface area (Å²) in [5.74, 6) is 0.337. The maximum absolute atomic E-state index is 13.0. The molecule has 0 saturated carbocycles. The first kappa shape index (κ1) is 15.2. The van der Waals surface area contributed by atoms with Gasteiger partial charge in [-0.15, -0.1) is 0 Å². The van der Waals surface area contributed by atoms with Gasteiger partial charge in [-0.1, -0.05) is 23.4 Å². The smallest absolute Gasteiger partial charge is 0.246 e. The predicted octanol–water partition coefficient (Wildman–Crippen LogP) is 3.50. The van der Waals surface area contributed by atoms with Gasteiger partial charge in [-0.25, -0.2) is 4.39 Å². The Kier molecular flexibility index (Phi) is 4.37. The van der Waals surface area contributed by atoms with E-state index in [9.17, 15) is 9.18 Å². The molecule has 0 unspecified atom stereocenters. The molecule has 4 nitrogen and oxygen atoms in total. The molecule has 3 rings (SSSR count). The average molecular weight is 312 g/mol. The van der Waals surface area contributed by atoms with Crippen molar-refractivity contribution in [3.63, 3.8) is 0 Å². The van der Waals surface area contributed by atoms with E-state index in [2.05, 4.69) is 5.16 Å². The summed E-state index contributed by atoms with van der Waals surface area (Å²) in [6.07, 6.45) is 7.63. The van der Waals surface area contributed by atoms with E-state index in [1.54, 1.807) is 29.2 Å². The van der Waals surface area contributed by atoms with Gasteiger partial charge < -0.3 is 9.42 Å². The number of fused-ring (bicyclic) bond motifs is 1. The van der Waals surface area contributed by atoms with Crippen molar-refractivity contribution in [1.29, 1.82) is 0 Å². The molecule has 118 valence electrons. The van der Waals surface area contributed by atoms with Crippen LogP contribution >= 0.6 is 0 Å². The zero-order chi connectivity index (χ0) is 16.2. The minimum Gasteiger partial charge on any atom is -0.356 e. The molecule has 2 heterocycles. The third kappa shape index (κ3) is 3.23. The number of hydrogen-bond donors (Lipinski definition) is 0. The van der Waals surface area contributed by atoms with Crippen LogP contribution in [0.1, 0.15) is 18.2 Å². The lowest BCUT2D eigenvalue weighted by Gasteiger charge is -2.24. The maximum atomic E-state index is 13.0. The third-order valence-electron chi connectivity index (χ3n) is 3.80. The molecule has 5 heteroatoms. The van der Waals surface area contributed by atoms with Crippen molar-refractivity contribution in [2.45, 2.75) is 19.9 Å². The summed E-state index contributed by atoms with van der Waals surface area (Å²) in [6, 6.07) is 6.14. The number of nitrogens with zero attached hydrogens (tertiary/aromatic N) is 2. The van der Waals surface area contributed by atoms with Crippen molar-refractivity contribution in [3.8, 4) is 11.3 Å². The van der Waals surface area contributed by atoms with E-state index in [1.807, 2.05) is 19.1 Å². The average Bonchev–Trinajstić information content (AvgIpc) is 2.99. The Morgan fingerprint density at radius 3 is 2.83 bits per heavy atom. The van der Waals surface area contributed by atoms with Crippen LogP contribution in [0.3, 0.4) is 0 Å². The topological polar surface area (TPSA) is 46.3 Å². The van der Waals surface area contributed by atoms with Crippen LogP contribution in [0.2, 0.25) is 0 Å². The van der Waals surface area contributed by atoms with Crippen LogP contribution in [0.5, 0.6) is 0 Å². The van der Waals surface area contributed by atoms with Crippen LogP contribution in [-0.2, 0) is 17.8 Å². The fourth-order valence-corrected chi connectivity index (χ4v) is 2.60. The van der Waals surface area contributed by atoms with E-state index < -0.39 is 0 Å². The summed E-state index contributed by atoms with van der Waals surface area (Å²) in [4.78, 5) is 13.8. The Balaban J connectivity index is 1.78. The summed E-state index contributed by atoms with van der Waals surface area (Å²) in [6.45, 7) is 2.94. The van der Waals surface area contributed by atoms with Crippen LogP contribution in [0.25, 0.3) is 11.3 Å². The number of benzene rings is 1. The Morgan fingerprint density at radius 2 is 2.09 bits per heavy atom. The van der Waals surface area contributed by atoms with E-state index in [0.717, 1.165) is 16.8 Å². The number of hydrogen-bond acceptors (Lipinski definition) is 3. The summed E-state index contributed by atoms with van der Waals surface area (Å²) < 4.78 is 18.5. The molecule has 0 N–H and O–H groups in total. The van der Waals surface area contributed by atoms with Crippen molar-refractivity contribution in [3.05, 3.63) is 65.6 Å². The molecule has 0 fully saturated rings. The molecular weight excluding hydrogens is 295 g/mol. The normalized spacial score (nSPS) is 14.6.